The number of carbonyl (C=O) groups excluding carboxylic acids is 2. The van der Waals surface area contributed by atoms with Crippen LogP contribution < -0.4 is 5.32 Å². The predicted octanol–water partition coefficient (Wildman–Crippen LogP) is 5.24. The molecule has 0 aromatic carbocycles. The van der Waals surface area contributed by atoms with Crippen molar-refractivity contribution in [1.82, 2.24) is 24.6 Å². The van der Waals surface area contributed by atoms with Crippen LogP contribution in [0.4, 0.5) is 18.9 Å². The highest BCUT2D eigenvalue weighted by atomic mass is 19.4. The Balaban J connectivity index is 1.41. The van der Waals surface area contributed by atoms with Crippen LogP contribution in [0.3, 0.4) is 0 Å². The summed E-state index contributed by atoms with van der Waals surface area (Å²) in [6.07, 6.45) is 0.0125. The number of aromatic nitrogens is 4. The maximum atomic E-state index is 12.9. The van der Waals surface area contributed by atoms with Crippen LogP contribution in [0.25, 0.3) is 5.82 Å². The molecule has 1 aliphatic heterocycles. The molecule has 0 bridgehead atoms. The Morgan fingerprint density at radius 1 is 1.03 bits per heavy atom. The van der Waals surface area contributed by atoms with Gasteiger partial charge in [-0.1, -0.05) is 27.7 Å². The van der Waals surface area contributed by atoms with E-state index in [9.17, 15) is 22.8 Å². The van der Waals surface area contributed by atoms with Crippen molar-refractivity contribution in [3.8, 4) is 5.82 Å². The van der Waals surface area contributed by atoms with Crippen LogP contribution in [0.5, 0.6) is 0 Å². The molecular formula is C27H31F3N6O2. The summed E-state index contributed by atoms with van der Waals surface area (Å²) in [5.74, 6) is 0.361. The summed E-state index contributed by atoms with van der Waals surface area (Å²) >= 11 is 0. The van der Waals surface area contributed by atoms with Crippen LogP contribution in [-0.4, -0.2) is 49.6 Å². The summed E-state index contributed by atoms with van der Waals surface area (Å²) in [6, 6.07) is 5.80. The topological polar surface area (TPSA) is 93.0 Å². The molecule has 4 heterocycles. The van der Waals surface area contributed by atoms with Gasteiger partial charge < -0.3 is 10.2 Å². The lowest BCUT2D eigenvalue weighted by atomic mass is 9.83. The van der Waals surface area contributed by atoms with Crippen molar-refractivity contribution in [3.63, 3.8) is 0 Å². The average Bonchev–Trinajstić information content (AvgIpc) is 3.24. The van der Waals surface area contributed by atoms with Gasteiger partial charge in [0.15, 0.2) is 5.82 Å². The maximum absolute atomic E-state index is 12.9. The molecule has 0 radical (unpaired) electrons. The zero-order valence-corrected chi connectivity index (χ0v) is 22.0. The zero-order valence-electron chi connectivity index (χ0n) is 22.0. The van der Waals surface area contributed by atoms with Crippen LogP contribution in [0.15, 0.2) is 42.9 Å². The molecular weight excluding hydrogens is 497 g/mol. The Bertz CT molecular complexity index is 1310. The molecule has 11 heteroatoms. The SMILES string of the molecule is Cc1c(C(=O)Nc2ccc(C3CCN(C(=O)C(C)(C)C)CC3C)nc2)cnn1-c1ccc(C(F)(F)F)cn1. The molecule has 3 aromatic rings. The minimum absolute atomic E-state index is 0.154. The fourth-order valence-electron chi connectivity index (χ4n) is 4.68. The van der Waals surface area contributed by atoms with E-state index in [4.69, 9.17) is 0 Å². The number of amides is 2. The Morgan fingerprint density at radius 2 is 1.76 bits per heavy atom. The smallest absolute Gasteiger partial charge is 0.342 e. The number of pyridine rings is 2. The second-order valence-corrected chi connectivity index (χ2v) is 10.8. The van der Waals surface area contributed by atoms with E-state index in [-0.39, 0.29) is 29.1 Å². The Kier molecular flexibility index (Phi) is 7.31. The molecule has 1 fully saturated rings. The van der Waals surface area contributed by atoms with E-state index in [1.54, 1.807) is 19.2 Å². The Hall–Kier alpha value is -3.76. The van der Waals surface area contributed by atoms with Crippen molar-refractivity contribution >= 4 is 17.5 Å². The monoisotopic (exact) mass is 528 g/mol. The lowest BCUT2D eigenvalue weighted by Gasteiger charge is -2.39. The van der Waals surface area contributed by atoms with Crippen molar-refractivity contribution in [2.75, 3.05) is 18.4 Å². The number of hydrogen-bond donors (Lipinski definition) is 1. The number of hydrogen-bond acceptors (Lipinski definition) is 5. The molecule has 0 spiro atoms. The van der Waals surface area contributed by atoms with Gasteiger partial charge in [-0.15, -0.1) is 0 Å². The lowest BCUT2D eigenvalue weighted by molar-refractivity contribution is -0.141. The summed E-state index contributed by atoms with van der Waals surface area (Å²) in [5.41, 5.74) is 0.846. The van der Waals surface area contributed by atoms with E-state index in [0.29, 0.717) is 24.5 Å². The highest BCUT2D eigenvalue weighted by molar-refractivity contribution is 6.04. The third-order valence-electron chi connectivity index (χ3n) is 6.80. The number of carbonyl (C=O) groups is 2. The standard InChI is InChI=1S/C27H31F3N6O2/c1-16-15-35(25(38)26(3,4)5)11-10-20(16)22-8-7-19(13-31-22)34-24(37)21-14-33-36(17(21)2)23-9-6-18(12-32-23)27(28,29)30/h6-9,12-14,16,20H,10-11,15H2,1-5H3,(H,34,37). The average molecular weight is 529 g/mol. The van der Waals surface area contributed by atoms with Crippen molar-refractivity contribution < 1.29 is 22.8 Å². The molecule has 2 amide bonds. The third kappa shape index (κ3) is 5.71. The van der Waals surface area contributed by atoms with E-state index in [0.717, 1.165) is 24.4 Å². The zero-order chi connectivity index (χ0) is 27.8. The highest BCUT2D eigenvalue weighted by Crippen LogP contribution is 2.34. The quantitative estimate of drug-likeness (QED) is 0.500. The van der Waals surface area contributed by atoms with Gasteiger partial charge in [-0.25, -0.2) is 9.67 Å². The van der Waals surface area contributed by atoms with Crippen LogP contribution in [-0.2, 0) is 11.0 Å². The molecule has 1 N–H and O–H groups in total. The Labute approximate surface area is 219 Å². The van der Waals surface area contributed by atoms with Gasteiger partial charge in [0.2, 0.25) is 5.91 Å². The van der Waals surface area contributed by atoms with E-state index < -0.39 is 23.1 Å². The summed E-state index contributed by atoms with van der Waals surface area (Å²) in [7, 11) is 0. The van der Waals surface area contributed by atoms with Crippen LogP contribution in [0.1, 0.15) is 67.3 Å². The van der Waals surface area contributed by atoms with Crippen LogP contribution in [0, 0.1) is 18.3 Å². The molecule has 3 aromatic heterocycles. The molecule has 1 saturated heterocycles. The molecule has 0 saturated carbocycles. The molecule has 1 aliphatic rings. The first-order valence-electron chi connectivity index (χ1n) is 12.4. The molecule has 2 atom stereocenters. The first-order valence-corrected chi connectivity index (χ1v) is 12.4. The van der Waals surface area contributed by atoms with Crippen molar-refractivity contribution in [3.05, 3.63) is 65.4 Å². The van der Waals surface area contributed by atoms with Crippen molar-refractivity contribution in [2.45, 2.75) is 53.1 Å². The second kappa shape index (κ2) is 10.2. The summed E-state index contributed by atoms with van der Waals surface area (Å²) in [4.78, 5) is 35.9. The summed E-state index contributed by atoms with van der Waals surface area (Å²) < 4.78 is 39.8. The van der Waals surface area contributed by atoms with Gasteiger partial charge in [0.25, 0.3) is 5.91 Å². The molecule has 4 rings (SSSR count). The number of piperidine rings is 1. The Morgan fingerprint density at radius 3 is 2.32 bits per heavy atom. The molecule has 202 valence electrons. The maximum Gasteiger partial charge on any atom is 0.417 e. The number of likely N-dealkylation sites (tertiary alicyclic amines) is 1. The van der Waals surface area contributed by atoms with Gasteiger partial charge >= 0.3 is 6.18 Å². The van der Waals surface area contributed by atoms with Gasteiger partial charge in [-0.2, -0.15) is 18.3 Å². The van der Waals surface area contributed by atoms with Gasteiger partial charge in [0.05, 0.1) is 34.9 Å². The van der Waals surface area contributed by atoms with Gasteiger partial charge in [-0.05, 0) is 43.5 Å². The first-order chi connectivity index (χ1) is 17.8. The van der Waals surface area contributed by atoms with E-state index in [1.807, 2.05) is 31.7 Å². The van der Waals surface area contributed by atoms with Gasteiger partial charge in [0.1, 0.15) is 0 Å². The van der Waals surface area contributed by atoms with Crippen LogP contribution in [0.2, 0.25) is 0 Å². The fourth-order valence-corrected chi connectivity index (χ4v) is 4.68. The summed E-state index contributed by atoms with van der Waals surface area (Å²) in [6.45, 7) is 10.9. The molecule has 2 unspecified atom stereocenters. The highest BCUT2D eigenvalue weighted by Gasteiger charge is 2.34. The largest absolute Gasteiger partial charge is 0.417 e. The van der Waals surface area contributed by atoms with Gasteiger partial charge in [0, 0.05) is 36.3 Å². The second-order valence-electron chi connectivity index (χ2n) is 10.8. The first kappa shape index (κ1) is 27.3. The summed E-state index contributed by atoms with van der Waals surface area (Å²) in [5, 5.41) is 6.92. The normalized spacial score (nSPS) is 18.4. The number of rotatable bonds is 4. The molecule has 8 nitrogen and oxygen atoms in total. The van der Waals surface area contributed by atoms with E-state index >= 15 is 0 Å². The minimum atomic E-state index is -4.49. The number of nitrogens with zero attached hydrogens (tertiary/aromatic N) is 5. The van der Waals surface area contributed by atoms with E-state index in [1.165, 1.54) is 16.9 Å². The van der Waals surface area contributed by atoms with Gasteiger partial charge in [-0.3, -0.25) is 14.6 Å². The number of anilines is 1. The minimum Gasteiger partial charge on any atom is -0.342 e. The number of halogens is 3. The van der Waals surface area contributed by atoms with Crippen LogP contribution >= 0.6 is 0 Å². The third-order valence-corrected chi connectivity index (χ3v) is 6.80. The van der Waals surface area contributed by atoms with Crippen molar-refractivity contribution in [2.24, 2.45) is 11.3 Å². The lowest BCUT2D eigenvalue weighted by Crippen LogP contribution is -2.46. The number of alkyl halides is 3. The van der Waals surface area contributed by atoms with E-state index in [2.05, 4.69) is 27.3 Å². The van der Waals surface area contributed by atoms with Crippen molar-refractivity contribution in [1.29, 1.82) is 0 Å². The predicted molar refractivity (Wildman–Crippen MR) is 136 cm³/mol. The number of nitrogens with one attached hydrogen (secondary N) is 1. The fraction of sp³-hybridized carbons (Fsp3) is 0.444. The molecule has 38 heavy (non-hydrogen) atoms. The molecule has 0 aliphatic carbocycles.